The van der Waals surface area contributed by atoms with Gasteiger partial charge in [-0.05, 0) is 25.1 Å². The first-order valence-corrected chi connectivity index (χ1v) is 7.49. The van der Waals surface area contributed by atoms with E-state index < -0.39 is 22.0 Å². The second-order valence-corrected chi connectivity index (χ2v) is 5.91. The Bertz CT molecular complexity index is 560. The van der Waals surface area contributed by atoms with Crippen LogP contribution in [-0.2, 0) is 19.6 Å². The van der Waals surface area contributed by atoms with Crippen molar-refractivity contribution in [3.05, 3.63) is 24.3 Å². The number of nitrogens with one attached hydrogen (secondary N) is 2. The summed E-state index contributed by atoms with van der Waals surface area (Å²) >= 11 is 0. The van der Waals surface area contributed by atoms with Crippen LogP contribution >= 0.6 is 0 Å². The van der Waals surface area contributed by atoms with Gasteiger partial charge in [0.1, 0.15) is 0 Å². The van der Waals surface area contributed by atoms with E-state index in [1.807, 2.05) is 0 Å². The molecule has 0 saturated carbocycles. The highest BCUT2D eigenvalue weighted by atomic mass is 32.2. The second-order valence-electron chi connectivity index (χ2n) is 4.20. The molecule has 1 aromatic rings. The first-order valence-electron chi connectivity index (χ1n) is 6.01. The van der Waals surface area contributed by atoms with Gasteiger partial charge in [0, 0.05) is 19.3 Å². The van der Waals surface area contributed by atoms with Crippen molar-refractivity contribution >= 4 is 21.6 Å². The molecule has 0 aliphatic heterocycles. The van der Waals surface area contributed by atoms with Crippen molar-refractivity contribution in [1.29, 1.82) is 0 Å². The summed E-state index contributed by atoms with van der Waals surface area (Å²) < 4.78 is 31.2. The summed E-state index contributed by atoms with van der Waals surface area (Å²) in [6, 6.07) is 4.97. The topological polar surface area (TPSA) is 111 Å². The third-order valence-electron chi connectivity index (χ3n) is 2.50. The van der Waals surface area contributed by atoms with Crippen molar-refractivity contribution in [3.63, 3.8) is 0 Å². The van der Waals surface area contributed by atoms with Crippen molar-refractivity contribution in [1.82, 2.24) is 10.0 Å². The fourth-order valence-corrected chi connectivity index (χ4v) is 2.72. The number of nitrogen functional groups attached to an aromatic ring is 1. The van der Waals surface area contributed by atoms with Gasteiger partial charge in [-0.3, -0.25) is 4.79 Å². The minimum atomic E-state index is -3.78. The number of hydrogen-bond acceptors (Lipinski definition) is 5. The number of anilines is 1. The normalized spacial score (nSPS) is 12.9. The smallest absolute Gasteiger partial charge is 0.241 e. The molecule has 0 saturated heterocycles. The van der Waals surface area contributed by atoms with Crippen molar-refractivity contribution in [2.75, 3.05) is 26.0 Å². The number of carbonyl (C=O) groups excluding carboxylic acids is 1. The summed E-state index contributed by atoms with van der Waals surface area (Å²) in [5.74, 6) is -0.422. The highest BCUT2D eigenvalue weighted by Gasteiger charge is 2.21. The molecule has 0 spiro atoms. The molecule has 0 fully saturated rings. The van der Waals surface area contributed by atoms with Gasteiger partial charge in [0.25, 0.3) is 0 Å². The van der Waals surface area contributed by atoms with E-state index in [1.54, 1.807) is 6.07 Å². The Morgan fingerprint density at radius 2 is 2.15 bits per heavy atom. The molecule has 0 bridgehead atoms. The molecule has 20 heavy (non-hydrogen) atoms. The number of amides is 1. The first-order chi connectivity index (χ1) is 9.36. The van der Waals surface area contributed by atoms with Crippen LogP contribution in [0.3, 0.4) is 0 Å². The maximum atomic E-state index is 12.1. The molecular weight excluding hydrogens is 282 g/mol. The lowest BCUT2D eigenvalue weighted by molar-refractivity contribution is -0.122. The fraction of sp³-hybridized carbons (Fsp3) is 0.417. The molecule has 112 valence electrons. The lowest BCUT2D eigenvalue weighted by atomic mass is 10.3. The number of nitrogens with two attached hydrogens (primary N) is 1. The molecule has 1 aromatic carbocycles. The van der Waals surface area contributed by atoms with Crippen molar-refractivity contribution in [2.45, 2.75) is 17.9 Å². The van der Waals surface area contributed by atoms with E-state index in [0.29, 0.717) is 18.8 Å². The van der Waals surface area contributed by atoms with Gasteiger partial charge in [0.2, 0.25) is 15.9 Å². The van der Waals surface area contributed by atoms with Crippen LogP contribution in [0, 0.1) is 0 Å². The molecule has 0 radical (unpaired) electrons. The lowest BCUT2D eigenvalue weighted by Gasteiger charge is -2.14. The minimum absolute atomic E-state index is 0.0223. The molecule has 0 aliphatic rings. The largest absolute Gasteiger partial charge is 0.399 e. The number of rotatable bonds is 7. The lowest BCUT2D eigenvalue weighted by Crippen LogP contribution is -2.45. The second kappa shape index (κ2) is 7.22. The molecule has 7 nitrogen and oxygen atoms in total. The highest BCUT2D eigenvalue weighted by molar-refractivity contribution is 7.89. The average Bonchev–Trinajstić information content (AvgIpc) is 2.38. The van der Waals surface area contributed by atoms with Crippen LogP contribution < -0.4 is 15.8 Å². The SMILES string of the molecule is COCCNC(=O)C(C)NS(=O)(=O)c1cccc(N)c1. The van der Waals surface area contributed by atoms with Gasteiger partial charge < -0.3 is 15.8 Å². The number of sulfonamides is 1. The molecule has 0 aromatic heterocycles. The van der Waals surface area contributed by atoms with E-state index in [4.69, 9.17) is 10.5 Å². The Morgan fingerprint density at radius 1 is 1.45 bits per heavy atom. The van der Waals surface area contributed by atoms with E-state index in [9.17, 15) is 13.2 Å². The molecule has 1 amide bonds. The third-order valence-corrected chi connectivity index (χ3v) is 4.04. The summed E-state index contributed by atoms with van der Waals surface area (Å²) in [6.45, 7) is 2.14. The molecular formula is C12H19N3O4S. The summed E-state index contributed by atoms with van der Waals surface area (Å²) in [6.07, 6.45) is 0. The predicted molar refractivity (Wildman–Crippen MR) is 75.5 cm³/mol. The molecule has 0 aliphatic carbocycles. The van der Waals surface area contributed by atoms with E-state index in [-0.39, 0.29) is 4.90 Å². The summed E-state index contributed by atoms with van der Waals surface area (Å²) in [5, 5.41) is 2.55. The number of carbonyl (C=O) groups is 1. The van der Waals surface area contributed by atoms with Gasteiger partial charge in [-0.2, -0.15) is 4.72 Å². The maximum absolute atomic E-state index is 12.1. The number of hydrogen-bond donors (Lipinski definition) is 3. The van der Waals surface area contributed by atoms with Crippen LogP contribution in [0.5, 0.6) is 0 Å². The Kier molecular flexibility index (Phi) is 5.93. The van der Waals surface area contributed by atoms with E-state index in [1.165, 1.54) is 32.2 Å². The Labute approximate surface area is 118 Å². The third kappa shape index (κ3) is 4.80. The van der Waals surface area contributed by atoms with Gasteiger partial charge >= 0.3 is 0 Å². The van der Waals surface area contributed by atoms with Crippen LogP contribution in [0.4, 0.5) is 5.69 Å². The van der Waals surface area contributed by atoms with Gasteiger partial charge in [0.15, 0.2) is 0 Å². The standard InChI is InChI=1S/C12H19N3O4S/c1-9(12(16)14-6-7-19-2)15-20(17,18)11-5-3-4-10(13)8-11/h3-5,8-9,15H,6-7,13H2,1-2H3,(H,14,16). The Hall–Kier alpha value is -1.64. The maximum Gasteiger partial charge on any atom is 0.241 e. The van der Waals surface area contributed by atoms with E-state index >= 15 is 0 Å². The van der Waals surface area contributed by atoms with Crippen LogP contribution in [0.15, 0.2) is 29.2 Å². The molecule has 1 rings (SSSR count). The Balaban J connectivity index is 2.68. The van der Waals surface area contributed by atoms with Gasteiger partial charge in [0.05, 0.1) is 17.5 Å². The number of methoxy groups -OCH3 is 1. The molecule has 1 atom stereocenters. The predicted octanol–water partition coefficient (Wildman–Crippen LogP) is -0.302. The quantitative estimate of drug-likeness (QED) is 0.473. The molecule has 1 unspecified atom stereocenters. The van der Waals surface area contributed by atoms with E-state index in [2.05, 4.69) is 10.0 Å². The first kappa shape index (κ1) is 16.4. The molecule has 0 heterocycles. The molecule has 4 N–H and O–H groups in total. The van der Waals surface area contributed by atoms with Crippen LogP contribution in [0.25, 0.3) is 0 Å². The van der Waals surface area contributed by atoms with E-state index in [0.717, 1.165) is 0 Å². The fourth-order valence-electron chi connectivity index (χ4n) is 1.47. The van der Waals surface area contributed by atoms with Crippen LogP contribution in [0.1, 0.15) is 6.92 Å². The zero-order valence-corrected chi connectivity index (χ0v) is 12.2. The van der Waals surface area contributed by atoms with Crippen LogP contribution in [-0.4, -0.2) is 40.6 Å². The number of ether oxygens (including phenoxy) is 1. The van der Waals surface area contributed by atoms with Crippen molar-refractivity contribution < 1.29 is 17.9 Å². The van der Waals surface area contributed by atoms with Crippen molar-refractivity contribution in [3.8, 4) is 0 Å². The van der Waals surface area contributed by atoms with Crippen LogP contribution in [0.2, 0.25) is 0 Å². The summed E-state index contributed by atoms with van der Waals surface area (Å²) in [4.78, 5) is 11.7. The number of benzene rings is 1. The van der Waals surface area contributed by atoms with Gasteiger partial charge in [-0.15, -0.1) is 0 Å². The van der Waals surface area contributed by atoms with Crippen molar-refractivity contribution in [2.24, 2.45) is 0 Å². The monoisotopic (exact) mass is 301 g/mol. The summed E-state index contributed by atoms with van der Waals surface area (Å²) in [7, 11) is -2.27. The molecule has 8 heteroatoms. The van der Waals surface area contributed by atoms with Gasteiger partial charge in [-0.1, -0.05) is 6.07 Å². The highest BCUT2D eigenvalue weighted by Crippen LogP contribution is 2.12. The average molecular weight is 301 g/mol. The minimum Gasteiger partial charge on any atom is -0.399 e. The summed E-state index contributed by atoms with van der Waals surface area (Å²) in [5.41, 5.74) is 5.88. The zero-order chi connectivity index (χ0) is 15.2. The zero-order valence-electron chi connectivity index (χ0n) is 11.4. The van der Waals surface area contributed by atoms with Gasteiger partial charge in [-0.25, -0.2) is 8.42 Å². The Morgan fingerprint density at radius 3 is 2.75 bits per heavy atom.